The number of hydrogen-bond donors (Lipinski definition) is 1. The van der Waals surface area contributed by atoms with E-state index >= 15 is 0 Å². The second-order valence-electron chi connectivity index (χ2n) is 5.11. The molecule has 3 nitrogen and oxygen atoms in total. The van der Waals surface area contributed by atoms with Crippen LogP contribution in [-0.2, 0) is 19.4 Å². The lowest BCUT2D eigenvalue weighted by Crippen LogP contribution is -2.21. The van der Waals surface area contributed by atoms with Gasteiger partial charge in [-0.15, -0.1) is 21.5 Å². The largest absolute Gasteiger partial charge is 0.308 e. The van der Waals surface area contributed by atoms with Gasteiger partial charge in [0, 0.05) is 19.0 Å². The van der Waals surface area contributed by atoms with Crippen molar-refractivity contribution in [2.45, 2.75) is 46.2 Å². The summed E-state index contributed by atoms with van der Waals surface area (Å²) < 4.78 is 0. The van der Waals surface area contributed by atoms with Gasteiger partial charge in [-0.2, -0.15) is 0 Å². The number of nitrogens with one attached hydrogen (secondary N) is 1. The van der Waals surface area contributed by atoms with Gasteiger partial charge in [0.2, 0.25) is 0 Å². The molecule has 4 heteroatoms. The molecule has 1 N–H and O–H groups in total. The number of nitrogens with zero attached hydrogens (tertiary/aromatic N) is 2. The number of aryl methyl sites for hydroxylation is 3. The van der Waals surface area contributed by atoms with Crippen LogP contribution in [0.25, 0.3) is 0 Å². The van der Waals surface area contributed by atoms with E-state index in [1.54, 1.807) is 11.3 Å². The Labute approximate surface area is 119 Å². The van der Waals surface area contributed by atoms with Gasteiger partial charge in [0.1, 0.15) is 10.0 Å². The van der Waals surface area contributed by atoms with Crippen LogP contribution in [0.1, 0.15) is 35.0 Å². The highest BCUT2D eigenvalue weighted by Crippen LogP contribution is 2.13. The van der Waals surface area contributed by atoms with Gasteiger partial charge in [-0.25, -0.2) is 0 Å². The molecule has 1 aromatic heterocycles. The summed E-state index contributed by atoms with van der Waals surface area (Å²) >= 11 is 1.71. The van der Waals surface area contributed by atoms with Crippen molar-refractivity contribution in [1.82, 2.24) is 15.5 Å². The van der Waals surface area contributed by atoms with Crippen LogP contribution in [0.2, 0.25) is 0 Å². The molecule has 0 atom stereocenters. The van der Waals surface area contributed by atoms with E-state index in [-0.39, 0.29) is 0 Å². The van der Waals surface area contributed by atoms with Crippen LogP contribution in [0.4, 0.5) is 0 Å². The monoisotopic (exact) mass is 275 g/mol. The number of benzene rings is 1. The Morgan fingerprint density at radius 2 is 1.74 bits per heavy atom. The van der Waals surface area contributed by atoms with Gasteiger partial charge in [-0.1, -0.05) is 43.7 Å². The average Bonchev–Trinajstić information content (AvgIpc) is 2.84. The third-order valence-electron chi connectivity index (χ3n) is 2.92. The Morgan fingerprint density at radius 3 is 2.42 bits per heavy atom. The maximum absolute atomic E-state index is 4.26. The van der Waals surface area contributed by atoms with Gasteiger partial charge >= 0.3 is 0 Å². The van der Waals surface area contributed by atoms with E-state index in [9.17, 15) is 0 Å². The molecule has 0 radical (unpaired) electrons. The fourth-order valence-electron chi connectivity index (χ4n) is 1.76. The molecular formula is C15H21N3S. The molecule has 0 aliphatic rings. The maximum atomic E-state index is 4.26. The highest BCUT2D eigenvalue weighted by atomic mass is 32.1. The Hall–Kier alpha value is -1.26. The molecule has 0 amide bonds. The van der Waals surface area contributed by atoms with Crippen molar-refractivity contribution in [2.75, 3.05) is 0 Å². The molecule has 19 heavy (non-hydrogen) atoms. The minimum absolute atomic E-state index is 0.486. The maximum Gasteiger partial charge on any atom is 0.131 e. The molecule has 0 aliphatic carbocycles. The molecule has 2 rings (SSSR count). The van der Waals surface area contributed by atoms with E-state index in [1.165, 1.54) is 11.1 Å². The van der Waals surface area contributed by atoms with Crippen molar-refractivity contribution < 1.29 is 0 Å². The molecular weight excluding hydrogens is 254 g/mol. The molecule has 1 heterocycles. The summed E-state index contributed by atoms with van der Waals surface area (Å²) in [6.45, 7) is 7.21. The lowest BCUT2D eigenvalue weighted by molar-refractivity contribution is 0.584. The van der Waals surface area contributed by atoms with Crippen LogP contribution in [0, 0.1) is 6.92 Å². The average molecular weight is 275 g/mol. The standard InChI is InChI=1S/C15H21N3S/c1-11(2)16-10-15-18-17-14(19-15)9-8-13-6-4-12(3)5-7-13/h4-7,11,16H,8-10H2,1-3H3. The van der Waals surface area contributed by atoms with Gasteiger partial charge in [-0.3, -0.25) is 0 Å². The molecule has 0 unspecified atom stereocenters. The predicted molar refractivity (Wildman–Crippen MR) is 80.5 cm³/mol. The normalized spacial score (nSPS) is 11.2. The number of rotatable bonds is 6. The lowest BCUT2D eigenvalue weighted by Gasteiger charge is -2.03. The first kappa shape index (κ1) is 14.2. The highest BCUT2D eigenvalue weighted by Gasteiger charge is 2.05. The molecule has 0 bridgehead atoms. The van der Waals surface area contributed by atoms with Crippen molar-refractivity contribution >= 4 is 11.3 Å². The van der Waals surface area contributed by atoms with E-state index in [1.807, 2.05) is 0 Å². The molecule has 0 aliphatic heterocycles. The van der Waals surface area contributed by atoms with Crippen molar-refractivity contribution in [3.8, 4) is 0 Å². The van der Waals surface area contributed by atoms with E-state index in [0.29, 0.717) is 6.04 Å². The third kappa shape index (κ3) is 4.73. The summed E-state index contributed by atoms with van der Waals surface area (Å²) in [5.41, 5.74) is 2.67. The summed E-state index contributed by atoms with van der Waals surface area (Å²) in [6, 6.07) is 9.19. The van der Waals surface area contributed by atoms with Crippen LogP contribution < -0.4 is 5.32 Å². The summed E-state index contributed by atoms with van der Waals surface area (Å²) in [6.07, 6.45) is 2.01. The first-order chi connectivity index (χ1) is 9.13. The van der Waals surface area contributed by atoms with Crippen molar-refractivity contribution in [2.24, 2.45) is 0 Å². The van der Waals surface area contributed by atoms with Crippen molar-refractivity contribution in [3.63, 3.8) is 0 Å². The summed E-state index contributed by atoms with van der Waals surface area (Å²) in [5, 5.41) is 14.0. The van der Waals surface area contributed by atoms with Crippen LogP contribution in [0.5, 0.6) is 0 Å². The zero-order chi connectivity index (χ0) is 13.7. The third-order valence-corrected chi connectivity index (χ3v) is 3.90. The van der Waals surface area contributed by atoms with Crippen molar-refractivity contribution in [1.29, 1.82) is 0 Å². The predicted octanol–water partition coefficient (Wildman–Crippen LogP) is 3.13. The quantitative estimate of drug-likeness (QED) is 0.880. The molecule has 0 saturated heterocycles. The van der Waals surface area contributed by atoms with E-state index in [2.05, 4.69) is 60.6 Å². The zero-order valence-corrected chi connectivity index (χ0v) is 12.6. The lowest BCUT2D eigenvalue weighted by atomic mass is 10.1. The Kier molecular flexibility index (Phi) is 5.05. The van der Waals surface area contributed by atoms with Crippen LogP contribution in [0.3, 0.4) is 0 Å². The topological polar surface area (TPSA) is 37.8 Å². The fraction of sp³-hybridized carbons (Fsp3) is 0.467. The van der Waals surface area contributed by atoms with Crippen LogP contribution >= 0.6 is 11.3 Å². The Morgan fingerprint density at radius 1 is 1.05 bits per heavy atom. The van der Waals surface area contributed by atoms with Crippen molar-refractivity contribution in [3.05, 3.63) is 45.4 Å². The van der Waals surface area contributed by atoms with E-state index < -0.39 is 0 Å². The SMILES string of the molecule is Cc1ccc(CCc2nnc(CNC(C)C)s2)cc1. The van der Waals surface area contributed by atoms with Gasteiger partial charge < -0.3 is 5.32 Å². The van der Waals surface area contributed by atoms with E-state index in [0.717, 1.165) is 29.4 Å². The molecule has 0 saturated carbocycles. The Balaban J connectivity index is 1.84. The minimum atomic E-state index is 0.486. The fourth-order valence-corrected chi connectivity index (χ4v) is 2.55. The van der Waals surface area contributed by atoms with Crippen LogP contribution in [-0.4, -0.2) is 16.2 Å². The number of aromatic nitrogens is 2. The summed E-state index contributed by atoms with van der Waals surface area (Å²) in [5.74, 6) is 0. The van der Waals surface area contributed by atoms with Gasteiger partial charge in [0.15, 0.2) is 0 Å². The summed E-state index contributed by atoms with van der Waals surface area (Å²) in [7, 11) is 0. The van der Waals surface area contributed by atoms with Gasteiger partial charge in [0.25, 0.3) is 0 Å². The minimum Gasteiger partial charge on any atom is -0.308 e. The van der Waals surface area contributed by atoms with Crippen LogP contribution in [0.15, 0.2) is 24.3 Å². The first-order valence-electron chi connectivity index (χ1n) is 6.73. The second kappa shape index (κ2) is 6.78. The molecule has 2 aromatic rings. The molecule has 0 spiro atoms. The highest BCUT2D eigenvalue weighted by molar-refractivity contribution is 7.11. The Bertz CT molecular complexity index is 502. The first-order valence-corrected chi connectivity index (χ1v) is 7.55. The molecule has 0 fully saturated rings. The number of hydrogen-bond acceptors (Lipinski definition) is 4. The zero-order valence-electron chi connectivity index (χ0n) is 11.8. The molecule has 1 aromatic carbocycles. The molecule has 102 valence electrons. The van der Waals surface area contributed by atoms with Gasteiger partial charge in [0.05, 0.1) is 0 Å². The second-order valence-corrected chi connectivity index (χ2v) is 6.26. The smallest absolute Gasteiger partial charge is 0.131 e. The summed E-state index contributed by atoms with van der Waals surface area (Å²) in [4.78, 5) is 0. The van der Waals surface area contributed by atoms with Gasteiger partial charge in [-0.05, 0) is 18.9 Å². The van der Waals surface area contributed by atoms with E-state index in [4.69, 9.17) is 0 Å².